The van der Waals surface area contributed by atoms with Crippen LogP contribution >= 0.6 is 0 Å². The van der Waals surface area contributed by atoms with E-state index in [1.807, 2.05) is 26.8 Å². The molecule has 19 heavy (non-hydrogen) atoms. The van der Waals surface area contributed by atoms with Crippen LogP contribution in [0.1, 0.15) is 32.8 Å². The first-order valence-electron chi connectivity index (χ1n) is 6.18. The van der Waals surface area contributed by atoms with Gasteiger partial charge in [0.2, 0.25) is 5.88 Å². The molecule has 0 radical (unpaired) electrons. The summed E-state index contributed by atoms with van der Waals surface area (Å²) in [7, 11) is 0. The predicted octanol–water partition coefficient (Wildman–Crippen LogP) is 1.69. The van der Waals surface area contributed by atoms with Gasteiger partial charge in [-0.05, 0) is 39.8 Å². The van der Waals surface area contributed by atoms with Crippen molar-refractivity contribution >= 4 is 17.6 Å². The van der Waals surface area contributed by atoms with Crippen LogP contribution in [0.15, 0.2) is 22.7 Å². The van der Waals surface area contributed by atoms with Gasteiger partial charge in [0.1, 0.15) is 16.1 Å². The molecule has 0 saturated heterocycles. The maximum Gasteiger partial charge on any atom is 0.213 e. The van der Waals surface area contributed by atoms with E-state index in [0.717, 1.165) is 12.0 Å². The second-order valence-corrected chi connectivity index (χ2v) is 6.95. The second-order valence-electron chi connectivity index (χ2n) is 5.02. The Balaban J connectivity index is 2.54. The van der Waals surface area contributed by atoms with E-state index in [9.17, 15) is 4.55 Å². The summed E-state index contributed by atoms with van der Waals surface area (Å²) in [5, 5.41) is 0. The minimum atomic E-state index is -1.25. The summed E-state index contributed by atoms with van der Waals surface area (Å²) in [5.41, 5.74) is 6.17. The number of nitrogens with zero attached hydrogens (tertiary/aromatic N) is 2. The van der Waals surface area contributed by atoms with Crippen molar-refractivity contribution in [1.29, 1.82) is 0 Å². The lowest BCUT2D eigenvalue weighted by Crippen LogP contribution is -2.25. The van der Waals surface area contributed by atoms with Gasteiger partial charge in [-0.25, -0.2) is 4.98 Å². The topological polar surface area (TPSA) is 83.6 Å². The molecule has 0 saturated carbocycles. The number of nitrogens with two attached hydrogens (primary N) is 1. The first kappa shape index (κ1) is 15.9. The van der Waals surface area contributed by atoms with Crippen LogP contribution in [0.4, 0.5) is 0 Å². The predicted molar refractivity (Wildman–Crippen MR) is 78.9 cm³/mol. The van der Waals surface area contributed by atoms with Gasteiger partial charge in [0, 0.05) is 17.8 Å². The van der Waals surface area contributed by atoms with Gasteiger partial charge >= 0.3 is 0 Å². The summed E-state index contributed by atoms with van der Waals surface area (Å²) < 4.78 is 20.8. The summed E-state index contributed by atoms with van der Waals surface area (Å²) in [6, 6.07) is 3.59. The van der Waals surface area contributed by atoms with Gasteiger partial charge in [-0.1, -0.05) is 4.40 Å². The highest BCUT2D eigenvalue weighted by atomic mass is 32.2. The van der Waals surface area contributed by atoms with Crippen molar-refractivity contribution in [2.45, 2.75) is 31.9 Å². The second kappa shape index (κ2) is 7.47. The molecule has 0 aliphatic heterocycles. The molecule has 106 valence electrons. The molecular formula is C13H21N3O2S. The van der Waals surface area contributed by atoms with Crippen molar-refractivity contribution in [3.05, 3.63) is 23.9 Å². The van der Waals surface area contributed by atoms with Crippen LogP contribution < -0.4 is 10.5 Å². The Labute approximate surface area is 117 Å². The summed E-state index contributed by atoms with van der Waals surface area (Å²) in [6.45, 7) is 6.81. The number of aromatic nitrogens is 1. The van der Waals surface area contributed by atoms with E-state index >= 15 is 0 Å². The molecule has 1 unspecified atom stereocenters. The highest BCUT2D eigenvalue weighted by Crippen LogP contribution is 2.17. The van der Waals surface area contributed by atoms with Crippen LogP contribution in [-0.2, 0) is 11.4 Å². The lowest BCUT2D eigenvalue weighted by molar-refractivity contribution is 0.301. The quantitative estimate of drug-likeness (QED) is 0.489. The van der Waals surface area contributed by atoms with Crippen molar-refractivity contribution in [1.82, 2.24) is 4.98 Å². The van der Waals surface area contributed by atoms with Crippen molar-refractivity contribution in [3.63, 3.8) is 0 Å². The van der Waals surface area contributed by atoms with Crippen LogP contribution in [0, 0.1) is 0 Å². The van der Waals surface area contributed by atoms with Crippen LogP contribution in [0.2, 0.25) is 0 Å². The zero-order valence-corrected chi connectivity index (χ0v) is 12.4. The van der Waals surface area contributed by atoms with E-state index in [2.05, 4.69) is 9.38 Å². The first-order valence-corrected chi connectivity index (χ1v) is 7.29. The molecule has 1 heterocycles. The average molecular weight is 283 g/mol. The molecule has 0 aliphatic rings. The Morgan fingerprint density at radius 2 is 2.21 bits per heavy atom. The van der Waals surface area contributed by atoms with E-state index in [1.165, 1.54) is 0 Å². The number of hydrogen-bond donors (Lipinski definition) is 1. The van der Waals surface area contributed by atoms with Gasteiger partial charge < -0.3 is 15.0 Å². The molecule has 0 amide bonds. The largest absolute Gasteiger partial charge is 0.591 e. The third-order valence-corrected chi connectivity index (χ3v) is 3.52. The Morgan fingerprint density at radius 1 is 1.47 bits per heavy atom. The fraction of sp³-hybridized carbons (Fsp3) is 0.538. The van der Waals surface area contributed by atoms with Gasteiger partial charge in [0.25, 0.3) is 0 Å². The molecule has 6 heteroatoms. The van der Waals surface area contributed by atoms with Gasteiger partial charge in [0.15, 0.2) is 0 Å². The Kier molecular flexibility index (Phi) is 6.27. The number of rotatable bonds is 6. The van der Waals surface area contributed by atoms with E-state index in [4.69, 9.17) is 10.5 Å². The Morgan fingerprint density at radius 3 is 2.74 bits per heavy atom. The third-order valence-electron chi connectivity index (χ3n) is 2.18. The molecule has 0 spiro atoms. The summed E-state index contributed by atoms with van der Waals surface area (Å²) in [4.78, 5) is 4.14. The van der Waals surface area contributed by atoms with Gasteiger partial charge in [-0.3, -0.25) is 0 Å². The highest BCUT2D eigenvalue weighted by molar-refractivity contribution is 7.91. The zero-order chi connectivity index (χ0) is 14.3. The van der Waals surface area contributed by atoms with E-state index in [-0.39, 0.29) is 4.75 Å². The standard InChI is InChI=1S/C13H21N3O2S/c1-13(2,3)19(17)16-10-11-5-6-12(15-9-11)18-8-4-7-14/h5-6,9-10H,4,7-8,14H2,1-3H3. The Bertz CT molecular complexity index is 401. The average Bonchev–Trinajstić information content (AvgIpc) is 2.36. The number of hydrogen-bond acceptors (Lipinski definition) is 5. The molecule has 5 nitrogen and oxygen atoms in total. The smallest absolute Gasteiger partial charge is 0.213 e. The number of ether oxygens (including phenoxy) is 1. The molecular weight excluding hydrogens is 262 g/mol. The molecule has 0 bridgehead atoms. The van der Waals surface area contributed by atoms with E-state index < -0.39 is 11.4 Å². The summed E-state index contributed by atoms with van der Waals surface area (Å²) >= 11 is -1.25. The minimum absolute atomic E-state index is 0.352. The molecule has 0 fully saturated rings. The Hall–Kier alpha value is -1.11. The van der Waals surface area contributed by atoms with Crippen molar-refractivity contribution in [3.8, 4) is 5.88 Å². The zero-order valence-electron chi connectivity index (χ0n) is 11.6. The van der Waals surface area contributed by atoms with Crippen molar-refractivity contribution in [2.75, 3.05) is 13.2 Å². The molecule has 0 aromatic carbocycles. The molecule has 1 aromatic heterocycles. The fourth-order valence-electron chi connectivity index (χ4n) is 1.08. The van der Waals surface area contributed by atoms with Crippen molar-refractivity contribution < 1.29 is 9.29 Å². The number of pyridine rings is 1. The molecule has 2 N–H and O–H groups in total. The fourth-order valence-corrected chi connectivity index (χ4v) is 1.61. The third kappa shape index (κ3) is 6.04. The molecule has 1 atom stereocenters. The van der Waals surface area contributed by atoms with Gasteiger partial charge in [-0.2, -0.15) is 0 Å². The molecule has 1 rings (SSSR count). The van der Waals surface area contributed by atoms with Crippen LogP contribution in [-0.4, -0.2) is 33.6 Å². The van der Waals surface area contributed by atoms with Crippen LogP contribution in [0.5, 0.6) is 5.88 Å². The molecule has 1 aromatic rings. The lowest BCUT2D eigenvalue weighted by Gasteiger charge is -2.17. The van der Waals surface area contributed by atoms with Crippen LogP contribution in [0.25, 0.3) is 0 Å². The summed E-state index contributed by atoms with van der Waals surface area (Å²) in [5.74, 6) is 0.558. The van der Waals surface area contributed by atoms with E-state index in [1.54, 1.807) is 18.5 Å². The monoisotopic (exact) mass is 283 g/mol. The normalized spacial score (nSPS) is 13.7. The van der Waals surface area contributed by atoms with Gasteiger partial charge in [-0.15, -0.1) is 0 Å². The van der Waals surface area contributed by atoms with Gasteiger partial charge in [0.05, 0.1) is 12.8 Å². The van der Waals surface area contributed by atoms with Crippen molar-refractivity contribution in [2.24, 2.45) is 10.1 Å². The molecule has 0 aliphatic carbocycles. The maximum atomic E-state index is 11.7. The van der Waals surface area contributed by atoms with E-state index in [0.29, 0.717) is 19.0 Å². The summed E-state index contributed by atoms with van der Waals surface area (Å²) in [6.07, 6.45) is 4.01. The SMILES string of the molecule is CC(C)(C)[S+]([O-])N=Cc1ccc(OCCCN)nc1. The highest BCUT2D eigenvalue weighted by Gasteiger charge is 2.25. The van der Waals surface area contributed by atoms with Crippen LogP contribution in [0.3, 0.4) is 0 Å². The maximum absolute atomic E-state index is 11.7. The first-order chi connectivity index (χ1) is 8.93. The minimum Gasteiger partial charge on any atom is -0.591 e. The lowest BCUT2D eigenvalue weighted by atomic mass is 10.3.